The normalized spacial score (nSPS) is 23.4. The summed E-state index contributed by atoms with van der Waals surface area (Å²) >= 11 is 0. The molecule has 0 radical (unpaired) electrons. The van der Waals surface area contributed by atoms with Gasteiger partial charge in [-0.1, -0.05) is 25.5 Å². The third kappa shape index (κ3) is 4.70. The lowest BCUT2D eigenvalue weighted by Gasteiger charge is -2.27. The van der Waals surface area contributed by atoms with Crippen molar-refractivity contribution >= 4 is 0 Å². The topological polar surface area (TPSA) is 12.0 Å². The molecule has 0 aromatic carbocycles. The van der Waals surface area contributed by atoms with Crippen LogP contribution in [0.25, 0.3) is 0 Å². The Morgan fingerprint density at radius 2 is 2.12 bits per heavy atom. The highest BCUT2D eigenvalue weighted by atomic mass is 19.4. The smallest absolute Gasteiger partial charge is 0.310 e. The predicted molar refractivity (Wildman–Crippen MR) is 63.9 cm³/mol. The van der Waals surface area contributed by atoms with E-state index in [2.05, 4.69) is 11.9 Å². The van der Waals surface area contributed by atoms with E-state index in [0.29, 0.717) is 6.42 Å². The van der Waals surface area contributed by atoms with Gasteiger partial charge in [-0.05, 0) is 38.6 Å². The first-order valence-electron chi connectivity index (χ1n) is 6.43. The number of hydrogen-bond donors (Lipinski definition) is 1. The van der Waals surface area contributed by atoms with Crippen LogP contribution in [-0.2, 0) is 0 Å². The summed E-state index contributed by atoms with van der Waals surface area (Å²) in [4.78, 5) is 0. The Morgan fingerprint density at radius 3 is 2.59 bits per heavy atom. The van der Waals surface area contributed by atoms with Gasteiger partial charge in [0, 0.05) is 6.04 Å². The molecule has 0 saturated carbocycles. The van der Waals surface area contributed by atoms with Crippen LogP contribution in [0.5, 0.6) is 0 Å². The molecule has 1 rings (SSSR count). The van der Waals surface area contributed by atoms with E-state index in [1.807, 2.05) is 0 Å². The summed E-state index contributed by atoms with van der Waals surface area (Å²) in [7, 11) is 0. The van der Waals surface area contributed by atoms with Gasteiger partial charge >= 0.3 is 6.18 Å². The average molecular weight is 249 g/mol. The van der Waals surface area contributed by atoms with Crippen molar-refractivity contribution < 1.29 is 13.2 Å². The van der Waals surface area contributed by atoms with Crippen molar-refractivity contribution in [3.8, 4) is 0 Å². The fraction of sp³-hybridized carbons (Fsp3) is 0.846. The second-order valence-electron chi connectivity index (χ2n) is 4.85. The van der Waals surface area contributed by atoms with Crippen LogP contribution in [0.2, 0.25) is 0 Å². The summed E-state index contributed by atoms with van der Waals surface area (Å²) in [5.41, 5.74) is 0.937. The summed E-state index contributed by atoms with van der Waals surface area (Å²) in [5.74, 6) is -1.18. The molecule has 17 heavy (non-hydrogen) atoms. The molecule has 0 bridgehead atoms. The maximum Gasteiger partial charge on any atom is 0.391 e. The number of halogens is 3. The van der Waals surface area contributed by atoms with Crippen LogP contribution in [0.3, 0.4) is 0 Å². The minimum Gasteiger partial charge on any atom is -0.310 e. The molecule has 0 aromatic heterocycles. The van der Waals surface area contributed by atoms with Crippen molar-refractivity contribution in [1.29, 1.82) is 0 Å². The molecule has 100 valence electrons. The third-order valence-electron chi connectivity index (χ3n) is 3.57. The molecule has 0 spiro atoms. The van der Waals surface area contributed by atoms with Gasteiger partial charge in [0.15, 0.2) is 0 Å². The van der Waals surface area contributed by atoms with Crippen LogP contribution < -0.4 is 5.32 Å². The van der Waals surface area contributed by atoms with Gasteiger partial charge < -0.3 is 5.32 Å². The molecule has 1 aliphatic rings. The molecule has 1 aliphatic heterocycles. The Balaban J connectivity index is 2.35. The van der Waals surface area contributed by atoms with Crippen LogP contribution in [0.4, 0.5) is 13.2 Å². The van der Waals surface area contributed by atoms with Crippen LogP contribution in [-0.4, -0.2) is 18.8 Å². The Labute approximate surface area is 101 Å². The highest BCUT2D eigenvalue weighted by Gasteiger charge is 2.37. The van der Waals surface area contributed by atoms with E-state index in [-0.39, 0.29) is 18.9 Å². The third-order valence-corrected chi connectivity index (χ3v) is 3.57. The Morgan fingerprint density at radius 1 is 1.41 bits per heavy atom. The van der Waals surface area contributed by atoms with Gasteiger partial charge in [0.05, 0.1) is 5.92 Å². The number of alkyl halides is 3. The summed E-state index contributed by atoms with van der Waals surface area (Å²) in [6, 6.07) is 0.231. The van der Waals surface area contributed by atoms with Crippen LogP contribution in [0, 0.1) is 5.92 Å². The number of nitrogens with one attached hydrogen (secondary N) is 1. The largest absolute Gasteiger partial charge is 0.391 e. The van der Waals surface area contributed by atoms with Crippen LogP contribution in [0.1, 0.15) is 45.4 Å². The highest BCUT2D eigenvalue weighted by Crippen LogP contribution is 2.33. The Hall–Kier alpha value is -0.510. The van der Waals surface area contributed by atoms with E-state index in [1.54, 1.807) is 6.92 Å². The summed E-state index contributed by atoms with van der Waals surface area (Å²) in [6.07, 6.45) is 0.0787. The molecule has 0 amide bonds. The fourth-order valence-corrected chi connectivity index (χ4v) is 2.33. The quantitative estimate of drug-likeness (QED) is 0.725. The molecule has 1 fully saturated rings. The van der Waals surface area contributed by atoms with Gasteiger partial charge in [0.2, 0.25) is 0 Å². The molecule has 2 unspecified atom stereocenters. The molecular formula is C13H22F3N. The van der Waals surface area contributed by atoms with Crippen molar-refractivity contribution in [2.75, 3.05) is 6.54 Å². The molecule has 2 atom stereocenters. The van der Waals surface area contributed by atoms with E-state index in [0.717, 1.165) is 31.4 Å². The van der Waals surface area contributed by atoms with E-state index in [4.69, 9.17) is 0 Å². The van der Waals surface area contributed by atoms with Gasteiger partial charge in [0.25, 0.3) is 0 Å². The number of piperidine rings is 1. The van der Waals surface area contributed by atoms with Gasteiger partial charge in [0.1, 0.15) is 0 Å². The molecule has 1 N–H and O–H groups in total. The second-order valence-corrected chi connectivity index (χ2v) is 4.85. The predicted octanol–water partition coefficient (Wildman–Crippen LogP) is 4.05. The zero-order valence-electron chi connectivity index (χ0n) is 10.4. The molecular weight excluding hydrogens is 227 g/mol. The molecule has 0 aliphatic carbocycles. The minimum atomic E-state index is -4.06. The monoisotopic (exact) mass is 249 g/mol. The fourth-order valence-electron chi connectivity index (χ4n) is 2.33. The first-order chi connectivity index (χ1) is 7.95. The number of rotatable bonds is 5. The molecule has 1 nitrogen and oxygen atoms in total. The van der Waals surface area contributed by atoms with E-state index >= 15 is 0 Å². The Kier molecular flexibility index (Phi) is 5.50. The van der Waals surface area contributed by atoms with E-state index in [9.17, 15) is 13.2 Å². The molecule has 4 heteroatoms. The average Bonchev–Trinajstić information content (AvgIpc) is 2.29. The van der Waals surface area contributed by atoms with Gasteiger partial charge in [-0.25, -0.2) is 0 Å². The maximum atomic E-state index is 12.6. The summed E-state index contributed by atoms with van der Waals surface area (Å²) < 4.78 is 37.7. The van der Waals surface area contributed by atoms with Crippen molar-refractivity contribution in [2.24, 2.45) is 5.92 Å². The van der Waals surface area contributed by atoms with Gasteiger partial charge in [-0.15, -0.1) is 0 Å². The van der Waals surface area contributed by atoms with Gasteiger partial charge in [-0.3, -0.25) is 0 Å². The zero-order valence-corrected chi connectivity index (χ0v) is 10.4. The second kappa shape index (κ2) is 6.43. The van der Waals surface area contributed by atoms with E-state index < -0.39 is 12.1 Å². The number of hydrogen-bond acceptors (Lipinski definition) is 1. The Bertz CT molecular complexity index is 242. The lowest BCUT2D eigenvalue weighted by molar-refractivity contribution is -0.176. The lowest BCUT2D eigenvalue weighted by Crippen LogP contribution is -2.35. The zero-order chi connectivity index (χ0) is 12.9. The summed E-state index contributed by atoms with van der Waals surface area (Å²) in [5, 5.41) is 3.32. The first-order valence-corrected chi connectivity index (χ1v) is 6.43. The highest BCUT2D eigenvalue weighted by molar-refractivity contribution is 5.06. The molecule has 1 heterocycles. The van der Waals surface area contributed by atoms with Crippen molar-refractivity contribution in [3.63, 3.8) is 0 Å². The standard InChI is InChI=1S/C13H22F3N/c1-3-11(13(14,15)16)8-7-10(2)12-6-4-5-9-17-12/h11-12,17H,2-9H2,1H3. The van der Waals surface area contributed by atoms with E-state index in [1.165, 1.54) is 0 Å². The first kappa shape index (κ1) is 14.6. The minimum absolute atomic E-state index is 0.162. The van der Waals surface area contributed by atoms with Crippen LogP contribution in [0.15, 0.2) is 12.2 Å². The maximum absolute atomic E-state index is 12.6. The lowest BCUT2D eigenvalue weighted by atomic mass is 9.91. The van der Waals surface area contributed by atoms with Crippen LogP contribution >= 0.6 is 0 Å². The molecule has 1 saturated heterocycles. The van der Waals surface area contributed by atoms with Gasteiger partial charge in [-0.2, -0.15) is 13.2 Å². The van der Waals surface area contributed by atoms with Crippen molar-refractivity contribution in [3.05, 3.63) is 12.2 Å². The summed E-state index contributed by atoms with van der Waals surface area (Å²) in [6.45, 7) is 6.49. The molecule has 0 aromatic rings. The van der Waals surface area contributed by atoms with Crippen molar-refractivity contribution in [1.82, 2.24) is 5.32 Å². The SMILES string of the molecule is C=C(CCC(CC)C(F)(F)F)C1CCCCN1. The van der Waals surface area contributed by atoms with Crippen molar-refractivity contribution in [2.45, 2.75) is 57.7 Å².